The Morgan fingerprint density at radius 2 is 2.38 bits per heavy atom. The van der Waals surface area contributed by atoms with E-state index in [1.54, 1.807) is 4.68 Å². The molecule has 1 aromatic carbocycles. The number of amides is 1. The minimum absolute atomic E-state index is 0.0216. The third-order valence-electron chi connectivity index (χ3n) is 3.80. The van der Waals surface area contributed by atoms with Gasteiger partial charge in [0.1, 0.15) is 6.33 Å². The van der Waals surface area contributed by atoms with Gasteiger partial charge in [-0.25, -0.2) is 4.68 Å². The SMILES string of the molecule is CCN1CCC[C@@H]1C(=O)Nc1cccc(-n2cnnn2)c1. The maximum absolute atomic E-state index is 12.4. The van der Waals surface area contributed by atoms with Crippen LogP contribution in [0.15, 0.2) is 30.6 Å². The Labute approximate surface area is 122 Å². The predicted octanol–water partition coefficient (Wildman–Crippen LogP) is 1.09. The summed E-state index contributed by atoms with van der Waals surface area (Å²) < 4.78 is 1.56. The van der Waals surface area contributed by atoms with Crippen LogP contribution < -0.4 is 5.32 Å². The van der Waals surface area contributed by atoms with Crippen LogP contribution in [0.1, 0.15) is 19.8 Å². The van der Waals surface area contributed by atoms with Gasteiger partial charge in [0.25, 0.3) is 0 Å². The van der Waals surface area contributed by atoms with Crippen molar-refractivity contribution in [3.8, 4) is 5.69 Å². The predicted molar refractivity (Wildman–Crippen MR) is 78.1 cm³/mol. The molecule has 1 amide bonds. The fraction of sp³-hybridized carbons (Fsp3) is 0.429. The highest BCUT2D eigenvalue weighted by atomic mass is 16.2. The molecule has 1 aliphatic rings. The first-order valence-electron chi connectivity index (χ1n) is 7.16. The van der Waals surface area contributed by atoms with Crippen LogP contribution in [0.4, 0.5) is 5.69 Å². The van der Waals surface area contributed by atoms with Gasteiger partial charge in [-0.05, 0) is 54.6 Å². The summed E-state index contributed by atoms with van der Waals surface area (Å²) in [5.41, 5.74) is 1.58. The summed E-state index contributed by atoms with van der Waals surface area (Å²) in [7, 11) is 0. The molecule has 7 nitrogen and oxygen atoms in total. The Kier molecular flexibility index (Phi) is 3.92. The lowest BCUT2D eigenvalue weighted by molar-refractivity contribution is -0.120. The highest BCUT2D eigenvalue weighted by molar-refractivity contribution is 5.95. The summed E-state index contributed by atoms with van der Waals surface area (Å²) in [5, 5.41) is 14.1. The highest BCUT2D eigenvalue weighted by Gasteiger charge is 2.29. The number of anilines is 1. The van der Waals surface area contributed by atoms with E-state index in [1.165, 1.54) is 6.33 Å². The van der Waals surface area contributed by atoms with Gasteiger partial charge >= 0.3 is 0 Å². The van der Waals surface area contributed by atoms with E-state index >= 15 is 0 Å². The lowest BCUT2D eigenvalue weighted by Gasteiger charge is -2.21. The zero-order valence-corrected chi connectivity index (χ0v) is 11.9. The highest BCUT2D eigenvalue weighted by Crippen LogP contribution is 2.19. The third-order valence-corrected chi connectivity index (χ3v) is 3.80. The van der Waals surface area contributed by atoms with Crippen molar-refractivity contribution in [2.45, 2.75) is 25.8 Å². The Hall–Kier alpha value is -2.28. The van der Waals surface area contributed by atoms with Crippen molar-refractivity contribution in [3.63, 3.8) is 0 Å². The minimum atomic E-state index is -0.0216. The topological polar surface area (TPSA) is 75.9 Å². The van der Waals surface area contributed by atoms with E-state index in [0.717, 1.165) is 37.3 Å². The Balaban J connectivity index is 1.73. The smallest absolute Gasteiger partial charge is 0.241 e. The molecule has 2 aromatic rings. The number of hydrogen-bond acceptors (Lipinski definition) is 5. The maximum Gasteiger partial charge on any atom is 0.241 e. The van der Waals surface area contributed by atoms with E-state index in [-0.39, 0.29) is 11.9 Å². The van der Waals surface area contributed by atoms with Crippen molar-refractivity contribution in [2.75, 3.05) is 18.4 Å². The molecule has 1 N–H and O–H groups in total. The van der Waals surface area contributed by atoms with Crippen LogP contribution in [0.5, 0.6) is 0 Å². The number of rotatable bonds is 4. The van der Waals surface area contributed by atoms with E-state index in [9.17, 15) is 4.79 Å². The molecule has 0 spiro atoms. The largest absolute Gasteiger partial charge is 0.325 e. The van der Waals surface area contributed by atoms with Crippen molar-refractivity contribution in [3.05, 3.63) is 30.6 Å². The number of likely N-dealkylation sites (tertiary alicyclic amines) is 1. The van der Waals surface area contributed by atoms with Crippen LogP contribution in [0.25, 0.3) is 5.69 Å². The summed E-state index contributed by atoms with van der Waals surface area (Å²) in [4.78, 5) is 14.6. The number of carbonyl (C=O) groups is 1. The standard InChI is InChI=1S/C14H18N6O/c1-2-19-8-4-7-13(19)14(21)16-11-5-3-6-12(9-11)20-10-15-17-18-20/h3,5-6,9-10,13H,2,4,7-8H2,1H3,(H,16,21)/t13-/m1/s1. The van der Waals surface area contributed by atoms with Gasteiger partial charge in [0.2, 0.25) is 5.91 Å². The lowest BCUT2D eigenvalue weighted by atomic mass is 10.2. The summed E-state index contributed by atoms with van der Waals surface area (Å²) >= 11 is 0. The average Bonchev–Trinajstić information content (AvgIpc) is 3.18. The van der Waals surface area contributed by atoms with Crippen molar-refractivity contribution >= 4 is 11.6 Å². The van der Waals surface area contributed by atoms with Gasteiger partial charge in [0.05, 0.1) is 11.7 Å². The van der Waals surface area contributed by atoms with E-state index in [4.69, 9.17) is 0 Å². The second-order valence-electron chi connectivity index (χ2n) is 5.08. The van der Waals surface area contributed by atoms with Gasteiger partial charge in [-0.3, -0.25) is 9.69 Å². The van der Waals surface area contributed by atoms with Crippen LogP contribution >= 0.6 is 0 Å². The van der Waals surface area contributed by atoms with Crippen LogP contribution in [0.3, 0.4) is 0 Å². The minimum Gasteiger partial charge on any atom is -0.325 e. The molecule has 0 aliphatic carbocycles. The molecule has 2 heterocycles. The molecule has 0 radical (unpaired) electrons. The molecule has 7 heteroatoms. The van der Waals surface area contributed by atoms with Crippen LogP contribution in [0.2, 0.25) is 0 Å². The molecular formula is C14H18N6O. The van der Waals surface area contributed by atoms with Gasteiger partial charge in [0, 0.05) is 5.69 Å². The third kappa shape index (κ3) is 2.92. The average molecular weight is 286 g/mol. The van der Waals surface area contributed by atoms with E-state index < -0.39 is 0 Å². The number of likely N-dealkylation sites (N-methyl/N-ethyl adjacent to an activating group) is 1. The zero-order chi connectivity index (χ0) is 14.7. The molecule has 1 atom stereocenters. The first-order valence-corrected chi connectivity index (χ1v) is 7.16. The molecule has 0 saturated carbocycles. The number of hydrogen-bond donors (Lipinski definition) is 1. The Morgan fingerprint density at radius 1 is 1.48 bits per heavy atom. The summed E-state index contributed by atoms with van der Waals surface area (Å²) in [6, 6.07) is 7.47. The van der Waals surface area contributed by atoms with Gasteiger partial charge in [0.15, 0.2) is 0 Å². The van der Waals surface area contributed by atoms with E-state index in [2.05, 4.69) is 32.7 Å². The normalized spacial score (nSPS) is 18.8. The van der Waals surface area contributed by atoms with Crippen LogP contribution in [-0.4, -0.2) is 50.1 Å². The second kappa shape index (κ2) is 6.01. The van der Waals surface area contributed by atoms with Gasteiger partial charge < -0.3 is 5.32 Å². The molecule has 1 aromatic heterocycles. The molecular weight excluding hydrogens is 268 g/mol. The summed E-state index contributed by atoms with van der Waals surface area (Å²) in [6.45, 7) is 3.99. The number of tetrazole rings is 1. The number of benzene rings is 1. The number of carbonyl (C=O) groups excluding carboxylic acids is 1. The maximum atomic E-state index is 12.4. The Bertz CT molecular complexity index is 612. The van der Waals surface area contributed by atoms with Gasteiger partial charge in [-0.2, -0.15) is 0 Å². The quantitative estimate of drug-likeness (QED) is 0.910. The molecule has 1 fully saturated rings. The van der Waals surface area contributed by atoms with Crippen molar-refractivity contribution in [2.24, 2.45) is 0 Å². The molecule has 3 rings (SSSR count). The molecule has 0 bridgehead atoms. The summed E-state index contributed by atoms with van der Waals surface area (Å²) in [6.07, 6.45) is 3.53. The second-order valence-corrected chi connectivity index (χ2v) is 5.08. The summed E-state index contributed by atoms with van der Waals surface area (Å²) in [5.74, 6) is 0.0585. The lowest BCUT2D eigenvalue weighted by Crippen LogP contribution is -2.39. The molecule has 0 unspecified atom stereocenters. The number of aromatic nitrogens is 4. The van der Waals surface area contributed by atoms with Crippen LogP contribution in [0, 0.1) is 0 Å². The fourth-order valence-electron chi connectivity index (χ4n) is 2.73. The first kappa shape index (κ1) is 13.7. The van der Waals surface area contributed by atoms with Gasteiger partial charge in [-0.15, -0.1) is 5.10 Å². The molecule has 1 aliphatic heterocycles. The van der Waals surface area contributed by atoms with E-state index in [0.29, 0.717) is 0 Å². The van der Waals surface area contributed by atoms with Crippen molar-refractivity contribution < 1.29 is 4.79 Å². The number of nitrogens with one attached hydrogen (secondary N) is 1. The Morgan fingerprint density at radius 3 is 3.14 bits per heavy atom. The zero-order valence-electron chi connectivity index (χ0n) is 11.9. The van der Waals surface area contributed by atoms with Gasteiger partial charge in [-0.1, -0.05) is 13.0 Å². The molecule has 110 valence electrons. The first-order chi connectivity index (χ1) is 10.3. The van der Waals surface area contributed by atoms with Crippen LogP contribution in [-0.2, 0) is 4.79 Å². The molecule has 1 saturated heterocycles. The number of nitrogens with zero attached hydrogens (tertiary/aromatic N) is 5. The monoisotopic (exact) mass is 286 g/mol. The van der Waals surface area contributed by atoms with Crippen molar-refractivity contribution in [1.29, 1.82) is 0 Å². The fourth-order valence-corrected chi connectivity index (χ4v) is 2.73. The van der Waals surface area contributed by atoms with E-state index in [1.807, 2.05) is 24.3 Å². The molecule has 21 heavy (non-hydrogen) atoms. The van der Waals surface area contributed by atoms with Crippen molar-refractivity contribution in [1.82, 2.24) is 25.1 Å².